The first-order valence-corrected chi connectivity index (χ1v) is 6.39. The van der Waals surface area contributed by atoms with Crippen molar-refractivity contribution in [2.24, 2.45) is 0 Å². The number of carbonyl (C=O) groups excluding carboxylic acids is 1. The van der Waals surface area contributed by atoms with Crippen molar-refractivity contribution in [2.75, 3.05) is 0 Å². The van der Waals surface area contributed by atoms with Crippen LogP contribution in [0.4, 0.5) is 18.9 Å². The average molecular weight is 300 g/mol. The molecule has 2 heterocycles. The number of nitro benzene ring substituents is 1. The van der Waals surface area contributed by atoms with Crippen molar-refractivity contribution in [3.8, 4) is 0 Å². The highest BCUT2D eigenvalue weighted by Crippen LogP contribution is 2.45. The fraction of sp³-hybridized carbons (Fsp3) is 0.462. The fourth-order valence-electron chi connectivity index (χ4n) is 3.22. The summed E-state index contributed by atoms with van der Waals surface area (Å²) < 4.78 is 39.0. The predicted octanol–water partition coefficient (Wildman–Crippen LogP) is 2.53. The zero-order valence-corrected chi connectivity index (χ0v) is 10.7. The average Bonchev–Trinajstić information content (AvgIpc) is 2.95. The summed E-state index contributed by atoms with van der Waals surface area (Å²) in [6, 6.07) is 2.66. The van der Waals surface area contributed by atoms with Gasteiger partial charge in [-0.15, -0.1) is 0 Å². The van der Waals surface area contributed by atoms with Crippen molar-refractivity contribution in [3.05, 3.63) is 39.4 Å². The third kappa shape index (κ3) is 2.10. The minimum atomic E-state index is -4.81. The molecule has 2 bridgehead atoms. The molecule has 0 saturated carbocycles. The molecule has 21 heavy (non-hydrogen) atoms. The predicted molar refractivity (Wildman–Crippen MR) is 65.6 cm³/mol. The molecule has 1 aromatic carbocycles. The molecule has 0 spiro atoms. The van der Waals surface area contributed by atoms with Crippen molar-refractivity contribution >= 4 is 11.5 Å². The molecule has 2 saturated heterocycles. The quantitative estimate of drug-likeness (QED) is 0.673. The van der Waals surface area contributed by atoms with Crippen molar-refractivity contribution in [1.82, 2.24) is 5.32 Å². The van der Waals surface area contributed by atoms with Crippen molar-refractivity contribution in [3.63, 3.8) is 0 Å². The number of nitrogens with zero attached hydrogens (tertiary/aromatic N) is 1. The van der Waals surface area contributed by atoms with Crippen molar-refractivity contribution in [1.29, 1.82) is 0 Å². The molecule has 2 atom stereocenters. The first-order chi connectivity index (χ1) is 9.73. The Morgan fingerprint density at radius 1 is 1.38 bits per heavy atom. The third-order valence-corrected chi connectivity index (χ3v) is 4.23. The molecule has 1 aromatic rings. The number of benzene rings is 1. The van der Waals surface area contributed by atoms with E-state index in [1.165, 1.54) is 6.07 Å². The Kier molecular flexibility index (Phi) is 2.84. The third-order valence-electron chi connectivity index (χ3n) is 4.23. The van der Waals surface area contributed by atoms with Crippen LogP contribution in [0, 0.1) is 10.1 Å². The number of fused-ring (bicyclic) bond motifs is 2. The number of nitro groups is 1. The second kappa shape index (κ2) is 4.27. The lowest BCUT2D eigenvalue weighted by Crippen LogP contribution is -2.33. The molecule has 0 aliphatic carbocycles. The molecule has 0 aromatic heterocycles. The van der Waals surface area contributed by atoms with Crippen LogP contribution in [0.2, 0.25) is 0 Å². The van der Waals surface area contributed by atoms with E-state index < -0.39 is 27.9 Å². The molecule has 2 fully saturated rings. The fourth-order valence-corrected chi connectivity index (χ4v) is 3.22. The van der Waals surface area contributed by atoms with E-state index >= 15 is 0 Å². The number of hydrogen-bond acceptors (Lipinski definition) is 4. The first kappa shape index (κ1) is 14.0. The topological polar surface area (TPSA) is 72.2 Å². The molecule has 2 unspecified atom stereocenters. The normalized spacial score (nSPS) is 28.1. The van der Waals surface area contributed by atoms with Crippen LogP contribution in [0.15, 0.2) is 18.2 Å². The van der Waals surface area contributed by atoms with Crippen LogP contribution in [-0.2, 0) is 16.5 Å². The van der Waals surface area contributed by atoms with Gasteiger partial charge in [-0.1, -0.05) is 6.07 Å². The zero-order chi connectivity index (χ0) is 15.4. The molecule has 3 rings (SSSR count). The number of nitrogens with one attached hydrogen (secondary N) is 1. The summed E-state index contributed by atoms with van der Waals surface area (Å²) in [5.41, 5.74) is -2.77. The van der Waals surface area contributed by atoms with Crippen LogP contribution in [0.1, 0.15) is 30.4 Å². The van der Waals surface area contributed by atoms with E-state index in [0.29, 0.717) is 12.8 Å². The highest BCUT2D eigenvalue weighted by molar-refractivity contribution is 5.89. The van der Waals surface area contributed by atoms with Gasteiger partial charge in [0.2, 0.25) is 0 Å². The van der Waals surface area contributed by atoms with E-state index in [2.05, 4.69) is 5.32 Å². The van der Waals surface area contributed by atoms with Gasteiger partial charge in [0.1, 0.15) is 5.56 Å². The molecular weight excluding hydrogens is 289 g/mol. The van der Waals surface area contributed by atoms with Gasteiger partial charge in [-0.25, -0.2) is 0 Å². The summed E-state index contributed by atoms with van der Waals surface area (Å²) in [6.07, 6.45) is -3.54. The van der Waals surface area contributed by atoms with E-state index in [4.69, 9.17) is 0 Å². The Labute approximate surface area is 117 Å². The maximum atomic E-state index is 13.0. The van der Waals surface area contributed by atoms with E-state index in [0.717, 1.165) is 12.1 Å². The first-order valence-electron chi connectivity index (χ1n) is 6.39. The van der Waals surface area contributed by atoms with Crippen LogP contribution in [0.25, 0.3) is 0 Å². The van der Waals surface area contributed by atoms with Crippen LogP contribution >= 0.6 is 0 Å². The molecule has 0 radical (unpaired) electrons. The molecule has 112 valence electrons. The van der Waals surface area contributed by atoms with Gasteiger partial charge in [-0.2, -0.15) is 13.2 Å². The highest BCUT2D eigenvalue weighted by Gasteiger charge is 2.51. The maximum absolute atomic E-state index is 13.0. The van der Waals surface area contributed by atoms with Gasteiger partial charge in [0.25, 0.3) is 5.69 Å². The second-order valence-corrected chi connectivity index (χ2v) is 5.45. The molecule has 1 N–H and O–H groups in total. The smallest absolute Gasteiger partial charge is 0.298 e. The molecule has 5 nitrogen and oxygen atoms in total. The summed E-state index contributed by atoms with van der Waals surface area (Å²) in [7, 11) is 0. The summed E-state index contributed by atoms with van der Waals surface area (Å²) in [5, 5.41) is 13.8. The van der Waals surface area contributed by atoms with Gasteiger partial charge >= 0.3 is 6.18 Å². The van der Waals surface area contributed by atoms with Gasteiger partial charge in [0.05, 0.1) is 16.5 Å². The van der Waals surface area contributed by atoms with Gasteiger partial charge in [-0.3, -0.25) is 20.2 Å². The number of rotatable bonds is 2. The lowest BCUT2D eigenvalue weighted by atomic mass is 9.81. The summed E-state index contributed by atoms with van der Waals surface area (Å²) in [5.74, 6) is -0.0202. The van der Waals surface area contributed by atoms with Gasteiger partial charge in [0, 0.05) is 12.5 Å². The highest BCUT2D eigenvalue weighted by atomic mass is 19.4. The van der Waals surface area contributed by atoms with Crippen molar-refractivity contribution in [2.45, 2.75) is 37.0 Å². The van der Waals surface area contributed by atoms with E-state index in [1.807, 2.05) is 0 Å². The molecule has 2 aliphatic rings. The molecule has 2 aliphatic heterocycles. The minimum absolute atomic E-state index is 0.0202. The largest absolute Gasteiger partial charge is 0.423 e. The van der Waals surface area contributed by atoms with E-state index in [9.17, 15) is 28.1 Å². The number of ketones is 1. The van der Waals surface area contributed by atoms with E-state index in [-0.39, 0.29) is 23.8 Å². The Hall–Kier alpha value is -1.96. The molecular formula is C13H11F3N2O3. The Balaban J connectivity index is 2.10. The van der Waals surface area contributed by atoms with Crippen LogP contribution in [-0.4, -0.2) is 16.7 Å². The Bertz CT molecular complexity index is 644. The lowest BCUT2D eigenvalue weighted by molar-refractivity contribution is -0.388. The molecule has 8 heteroatoms. The van der Waals surface area contributed by atoms with Gasteiger partial charge in [-0.05, 0) is 24.5 Å². The number of carbonyl (C=O) groups is 1. The summed E-state index contributed by atoms with van der Waals surface area (Å²) in [6.45, 7) is 0. The van der Waals surface area contributed by atoms with Crippen LogP contribution < -0.4 is 5.32 Å². The standard InChI is InChI=1S/C13H11F3N2O3/c14-13(15,16)8-5-7(1-2-10(8)18(20)21)12-4-3-9(17-12)11(19)6-12/h1-2,5,9,17H,3-4,6H2. The van der Waals surface area contributed by atoms with Crippen molar-refractivity contribution < 1.29 is 22.9 Å². The number of hydrogen-bond donors (Lipinski definition) is 1. The number of halogens is 3. The maximum Gasteiger partial charge on any atom is 0.423 e. The SMILES string of the molecule is O=C1CC2(c3ccc([N+](=O)[O-])c(C(F)(F)F)c3)CCC1N2. The summed E-state index contributed by atoms with van der Waals surface area (Å²) >= 11 is 0. The Morgan fingerprint density at radius 3 is 2.57 bits per heavy atom. The Morgan fingerprint density at radius 2 is 2.10 bits per heavy atom. The van der Waals surface area contributed by atoms with E-state index in [1.54, 1.807) is 0 Å². The molecule has 0 amide bonds. The number of Topliss-reactive ketones (excluding diaryl/α,β-unsaturated/α-hetero) is 1. The minimum Gasteiger partial charge on any atom is -0.298 e. The zero-order valence-electron chi connectivity index (χ0n) is 10.7. The van der Waals surface area contributed by atoms with Gasteiger partial charge < -0.3 is 0 Å². The number of alkyl halides is 3. The monoisotopic (exact) mass is 300 g/mol. The summed E-state index contributed by atoms with van der Waals surface area (Å²) in [4.78, 5) is 21.4. The van der Waals surface area contributed by atoms with Gasteiger partial charge in [0.15, 0.2) is 5.78 Å². The lowest BCUT2D eigenvalue weighted by Gasteiger charge is -2.26. The van der Waals surface area contributed by atoms with Crippen LogP contribution in [0.3, 0.4) is 0 Å². The second-order valence-electron chi connectivity index (χ2n) is 5.45. The van der Waals surface area contributed by atoms with Crippen LogP contribution in [0.5, 0.6) is 0 Å².